The zero-order chi connectivity index (χ0) is 13.0. The first-order valence-electron chi connectivity index (χ1n) is 6.02. The number of nitrogens with zero attached hydrogens (tertiary/aromatic N) is 1. The van der Waals surface area contributed by atoms with Crippen LogP contribution in [0, 0.1) is 0 Å². The van der Waals surface area contributed by atoms with Crippen LogP contribution < -0.4 is 5.73 Å². The lowest BCUT2D eigenvalue weighted by Crippen LogP contribution is -2.43. The maximum Gasteiger partial charge on any atom is 0.103 e. The third-order valence-corrected chi connectivity index (χ3v) is 3.28. The van der Waals surface area contributed by atoms with Crippen LogP contribution >= 0.6 is 12.2 Å². The molecule has 1 saturated heterocycles. The molecular weight excluding hydrogens is 248 g/mol. The number of benzene rings is 1. The van der Waals surface area contributed by atoms with Gasteiger partial charge in [-0.25, -0.2) is 0 Å². The maximum atomic E-state index is 9.11. The van der Waals surface area contributed by atoms with Gasteiger partial charge in [-0.2, -0.15) is 0 Å². The molecule has 0 radical (unpaired) electrons. The minimum atomic E-state index is -0.0717. The minimum Gasteiger partial charge on any atom is -0.394 e. The molecule has 3 N–H and O–H groups in total. The number of aliphatic hydroxyl groups is 1. The van der Waals surface area contributed by atoms with Crippen LogP contribution in [0.3, 0.4) is 0 Å². The molecule has 1 atom stereocenters. The molecule has 0 bridgehead atoms. The fourth-order valence-corrected chi connectivity index (χ4v) is 2.24. The van der Waals surface area contributed by atoms with Crippen LogP contribution in [0.25, 0.3) is 0 Å². The molecule has 2 rings (SSSR count). The van der Waals surface area contributed by atoms with Crippen molar-refractivity contribution in [1.29, 1.82) is 0 Å². The third-order valence-electron chi connectivity index (χ3n) is 3.04. The number of ether oxygens (including phenoxy) is 1. The van der Waals surface area contributed by atoms with E-state index in [9.17, 15) is 0 Å². The maximum absolute atomic E-state index is 9.11. The number of hydrogen-bond donors (Lipinski definition) is 2. The second-order valence-electron chi connectivity index (χ2n) is 4.48. The molecule has 1 unspecified atom stereocenters. The Balaban J connectivity index is 2.00. The van der Waals surface area contributed by atoms with Crippen LogP contribution in [-0.2, 0) is 11.3 Å². The standard InChI is InChI=1S/C13H18N2O2S/c14-13(18)11-3-1-2-10(6-11)7-15-4-5-17-12(8-15)9-16/h1-3,6,12,16H,4-5,7-9H2,(H2,14,18). The molecule has 1 aromatic rings. The lowest BCUT2D eigenvalue weighted by Gasteiger charge is -2.32. The molecule has 0 aliphatic carbocycles. The van der Waals surface area contributed by atoms with Gasteiger partial charge in [-0.3, -0.25) is 4.90 Å². The van der Waals surface area contributed by atoms with Crippen LogP contribution in [0.2, 0.25) is 0 Å². The first-order valence-corrected chi connectivity index (χ1v) is 6.43. The number of morpholine rings is 1. The Bertz CT molecular complexity index is 425. The monoisotopic (exact) mass is 266 g/mol. The van der Waals surface area contributed by atoms with Gasteiger partial charge < -0.3 is 15.6 Å². The second kappa shape index (κ2) is 6.24. The molecule has 1 aliphatic heterocycles. The van der Waals surface area contributed by atoms with Crippen LogP contribution in [0.1, 0.15) is 11.1 Å². The predicted molar refractivity (Wildman–Crippen MR) is 74.4 cm³/mol. The highest BCUT2D eigenvalue weighted by Gasteiger charge is 2.19. The van der Waals surface area contributed by atoms with Gasteiger partial charge in [0, 0.05) is 25.2 Å². The van der Waals surface area contributed by atoms with Crippen molar-refractivity contribution in [1.82, 2.24) is 4.90 Å². The predicted octanol–water partition coefficient (Wildman–Crippen LogP) is 0.514. The van der Waals surface area contributed by atoms with E-state index in [1.807, 2.05) is 18.2 Å². The molecule has 98 valence electrons. The lowest BCUT2D eigenvalue weighted by atomic mass is 10.1. The summed E-state index contributed by atoms with van der Waals surface area (Å²) in [7, 11) is 0. The van der Waals surface area contributed by atoms with Crippen molar-refractivity contribution in [2.24, 2.45) is 5.73 Å². The first kappa shape index (κ1) is 13.4. The molecule has 0 aromatic heterocycles. The van der Waals surface area contributed by atoms with E-state index >= 15 is 0 Å². The average Bonchev–Trinajstić information content (AvgIpc) is 2.39. The van der Waals surface area contributed by atoms with Crippen LogP contribution in [0.5, 0.6) is 0 Å². The van der Waals surface area contributed by atoms with E-state index in [0.717, 1.165) is 25.2 Å². The molecule has 0 spiro atoms. The molecule has 1 aromatic carbocycles. The van der Waals surface area contributed by atoms with Crippen LogP contribution in [0.15, 0.2) is 24.3 Å². The van der Waals surface area contributed by atoms with E-state index in [0.29, 0.717) is 11.6 Å². The van der Waals surface area contributed by atoms with Gasteiger partial charge in [0.1, 0.15) is 4.99 Å². The minimum absolute atomic E-state index is 0.0717. The smallest absolute Gasteiger partial charge is 0.103 e. The van der Waals surface area contributed by atoms with E-state index in [2.05, 4.69) is 11.0 Å². The zero-order valence-electron chi connectivity index (χ0n) is 10.2. The van der Waals surface area contributed by atoms with Gasteiger partial charge in [0.05, 0.1) is 19.3 Å². The highest BCUT2D eigenvalue weighted by molar-refractivity contribution is 7.80. The molecule has 5 heteroatoms. The fourth-order valence-electron chi connectivity index (χ4n) is 2.12. The lowest BCUT2D eigenvalue weighted by molar-refractivity contribution is -0.0551. The summed E-state index contributed by atoms with van der Waals surface area (Å²) in [5.41, 5.74) is 7.70. The van der Waals surface area contributed by atoms with E-state index in [1.165, 1.54) is 5.56 Å². The van der Waals surface area contributed by atoms with Gasteiger partial charge in [0.15, 0.2) is 0 Å². The first-order chi connectivity index (χ1) is 8.69. The molecule has 1 heterocycles. The molecular formula is C13H18N2O2S. The Morgan fingerprint density at radius 2 is 2.39 bits per heavy atom. The molecule has 0 saturated carbocycles. The summed E-state index contributed by atoms with van der Waals surface area (Å²) in [5.74, 6) is 0. The van der Waals surface area contributed by atoms with Crippen molar-refractivity contribution in [2.75, 3.05) is 26.3 Å². The Morgan fingerprint density at radius 1 is 1.56 bits per heavy atom. The van der Waals surface area contributed by atoms with E-state index in [-0.39, 0.29) is 12.7 Å². The van der Waals surface area contributed by atoms with Crippen LogP contribution in [0.4, 0.5) is 0 Å². The quantitative estimate of drug-likeness (QED) is 0.778. The summed E-state index contributed by atoms with van der Waals surface area (Å²) < 4.78 is 5.42. The van der Waals surface area contributed by atoms with Crippen molar-refractivity contribution in [2.45, 2.75) is 12.6 Å². The van der Waals surface area contributed by atoms with Crippen LogP contribution in [-0.4, -0.2) is 47.4 Å². The Labute approximate surface area is 112 Å². The highest BCUT2D eigenvalue weighted by atomic mass is 32.1. The number of rotatable bonds is 4. The van der Waals surface area contributed by atoms with Gasteiger partial charge in [0.2, 0.25) is 0 Å². The molecule has 0 amide bonds. The molecule has 18 heavy (non-hydrogen) atoms. The SMILES string of the molecule is NC(=S)c1cccc(CN2CCOC(CO)C2)c1. The van der Waals surface area contributed by atoms with Crippen molar-refractivity contribution < 1.29 is 9.84 Å². The summed E-state index contributed by atoms with van der Waals surface area (Å²) in [6, 6.07) is 7.96. The summed E-state index contributed by atoms with van der Waals surface area (Å²) in [6.07, 6.45) is -0.0717. The molecule has 4 nitrogen and oxygen atoms in total. The Morgan fingerprint density at radius 3 is 3.11 bits per heavy atom. The number of nitrogens with two attached hydrogens (primary N) is 1. The summed E-state index contributed by atoms with van der Waals surface area (Å²) in [6.45, 7) is 3.21. The summed E-state index contributed by atoms with van der Waals surface area (Å²) in [5, 5.41) is 9.11. The van der Waals surface area contributed by atoms with Gasteiger partial charge in [-0.1, -0.05) is 30.4 Å². The summed E-state index contributed by atoms with van der Waals surface area (Å²) >= 11 is 4.97. The third kappa shape index (κ3) is 3.49. The van der Waals surface area contributed by atoms with Gasteiger partial charge >= 0.3 is 0 Å². The van der Waals surface area contributed by atoms with E-state index in [1.54, 1.807) is 0 Å². The van der Waals surface area contributed by atoms with E-state index < -0.39 is 0 Å². The van der Waals surface area contributed by atoms with Gasteiger partial charge in [-0.05, 0) is 11.6 Å². The van der Waals surface area contributed by atoms with Crippen molar-refractivity contribution in [3.63, 3.8) is 0 Å². The van der Waals surface area contributed by atoms with Gasteiger partial charge in [-0.15, -0.1) is 0 Å². The summed E-state index contributed by atoms with van der Waals surface area (Å²) in [4.78, 5) is 2.69. The Hall–Kier alpha value is -1.01. The van der Waals surface area contributed by atoms with E-state index in [4.69, 9.17) is 27.8 Å². The molecule has 1 aliphatic rings. The average molecular weight is 266 g/mol. The van der Waals surface area contributed by atoms with Crippen molar-refractivity contribution >= 4 is 17.2 Å². The normalized spacial score (nSPS) is 20.8. The second-order valence-corrected chi connectivity index (χ2v) is 4.91. The van der Waals surface area contributed by atoms with Crippen molar-refractivity contribution in [3.05, 3.63) is 35.4 Å². The zero-order valence-corrected chi connectivity index (χ0v) is 11.0. The Kier molecular flexibility index (Phi) is 4.66. The molecule has 1 fully saturated rings. The number of aliphatic hydroxyl groups excluding tert-OH is 1. The number of thiocarbonyl (C=S) groups is 1. The van der Waals surface area contributed by atoms with Gasteiger partial charge in [0.25, 0.3) is 0 Å². The highest BCUT2D eigenvalue weighted by Crippen LogP contribution is 2.12. The fraction of sp³-hybridized carbons (Fsp3) is 0.462. The topological polar surface area (TPSA) is 58.7 Å². The van der Waals surface area contributed by atoms with Crippen molar-refractivity contribution in [3.8, 4) is 0 Å². The largest absolute Gasteiger partial charge is 0.394 e. The number of hydrogen-bond acceptors (Lipinski definition) is 4.